The Morgan fingerprint density at radius 3 is 2.81 bits per heavy atom. The number of rotatable bonds is 3. The second-order valence-corrected chi connectivity index (χ2v) is 5.82. The van der Waals surface area contributed by atoms with Crippen LogP contribution >= 0.6 is 24.0 Å². The summed E-state index contributed by atoms with van der Waals surface area (Å²) >= 11 is 0. The first-order valence-corrected chi connectivity index (χ1v) is 7.80. The molecule has 1 aliphatic heterocycles. The largest absolute Gasteiger partial charge is 0.370 e. The Morgan fingerprint density at radius 1 is 1.19 bits per heavy atom. The van der Waals surface area contributed by atoms with Crippen LogP contribution in [-0.2, 0) is 19.5 Å². The summed E-state index contributed by atoms with van der Waals surface area (Å²) in [5.41, 5.74) is 5.96. The zero-order chi connectivity index (χ0) is 13.8. The van der Waals surface area contributed by atoms with Crippen molar-refractivity contribution in [1.82, 2.24) is 20.1 Å². The first-order chi connectivity index (χ1) is 9.83. The number of nitrogens with two attached hydrogens (primary N) is 1. The standard InChI is InChI=1S/C14H24N6.HI/c15-14(17-11-6-3-4-7-11)16-10-13-19-18-12-8-2-1-5-9-20(12)13;/h11H,1-10H2,(H3,15,16,17);1H. The highest BCUT2D eigenvalue weighted by Gasteiger charge is 2.16. The van der Waals surface area contributed by atoms with Crippen molar-refractivity contribution in [3.8, 4) is 0 Å². The van der Waals surface area contributed by atoms with Crippen molar-refractivity contribution >= 4 is 29.9 Å². The van der Waals surface area contributed by atoms with E-state index in [1.807, 2.05) is 0 Å². The molecule has 1 aliphatic carbocycles. The molecule has 0 aromatic carbocycles. The van der Waals surface area contributed by atoms with E-state index in [0.29, 0.717) is 18.5 Å². The van der Waals surface area contributed by atoms with Crippen LogP contribution in [0.5, 0.6) is 0 Å². The molecule has 1 aromatic rings. The van der Waals surface area contributed by atoms with Crippen LogP contribution in [0.4, 0.5) is 0 Å². The number of nitrogens with zero attached hydrogens (tertiary/aromatic N) is 4. The van der Waals surface area contributed by atoms with E-state index in [9.17, 15) is 0 Å². The van der Waals surface area contributed by atoms with Gasteiger partial charge in [-0.1, -0.05) is 19.3 Å². The molecule has 3 N–H and O–H groups in total. The number of hydrogen-bond acceptors (Lipinski definition) is 3. The van der Waals surface area contributed by atoms with Gasteiger partial charge in [-0.3, -0.25) is 0 Å². The van der Waals surface area contributed by atoms with Gasteiger partial charge in [0.2, 0.25) is 0 Å². The molecule has 1 aromatic heterocycles. The van der Waals surface area contributed by atoms with Crippen molar-refractivity contribution in [2.45, 2.75) is 70.5 Å². The van der Waals surface area contributed by atoms with Gasteiger partial charge in [0.05, 0.1) is 0 Å². The van der Waals surface area contributed by atoms with Crippen LogP contribution in [0.15, 0.2) is 4.99 Å². The van der Waals surface area contributed by atoms with Crippen molar-refractivity contribution < 1.29 is 0 Å². The molecule has 2 aliphatic rings. The molecule has 118 valence electrons. The lowest BCUT2D eigenvalue weighted by molar-refractivity contribution is 0.602. The summed E-state index contributed by atoms with van der Waals surface area (Å²) in [7, 11) is 0. The van der Waals surface area contributed by atoms with E-state index in [-0.39, 0.29) is 24.0 Å². The minimum Gasteiger partial charge on any atom is -0.370 e. The number of fused-ring (bicyclic) bond motifs is 1. The summed E-state index contributed by atoms with van der Waals surface area (Å²) in [6, 6.07) is 0.509. The summed E-state index contributed by atoms with van der Waals surface area (Å²) in [5.74, 6) is 2.59. The third-order valence-corrected chi connectivity index (χ3v) is 4.28. The van der Waals surface area contributed by atoms with Crippen LogP contribution in [0.25, 0.3) is 0 Å². The molecular weight excluding hydrogens is 379 g/mol. The van der Waals surface area contributed by atoms with E-state index in [4.69, 9.17) is 5.73 Å². The van der Waals surface area contributed by atoms with Gasteiger partial charge in [-0.05, 0) is 25.7 Å². The van der Waals surface area contributed by atoms with E-state index in [0.717, 1.165) is 24.6 Å². The van der Waals surface area contributed by atoms with Gasteiger partial charge in [-0.15, -0.1) is 34.2 Å². The first kappa shape index (κ1) is 16.5. The molecule has 0 bridgehead atoms. The maximum absolute atomic E-state index is 5.96. The van der Waals surface area contributed by atoms with Crippen LogP contribution in [0.1, 0.15) is 56.6 Å². The fourth-order valence-electron chi connectivity index (χ4n) is 3.14. The molecule has 6 nitrogen and oxygen atoms in total. The number of aryl methyl sites for hydroxylation is 1. The Hall–Kier alpha value is -0.860. The van der Waals surface area contributed by atoms with Gasteiger partial charge in [-0.2, -0.15) is 0 Å². The molecule has 0 amide bonds. The number of nitrogens with one attached hydrogen (secondary N) is 1. The average Bonchev–Trinajstić information content (AvgIpc) is 3.02. The van der Waals surface area contributed by atoms with Crippen LogP contribution in [0.3, 0.4) is 0 Å². The van der Waals surface area contributed by atoms with Crippen LogP contribution in [0.2, 0.25) is 0 Å². The highest BCUT2D eigenvalue weighted by Crippen LogP contribution is 2.17. The lowest BCUT2D eigenvalue weighted by Crippen LogP contribution is -2.38. The number of guanidine groups is 1. The fourth-order valence-corrected chi connectivity index (χ4v) is 3.14. The summed E-state index contributed by atoms with van der Waals surface area (Å²) in [5, 5.41) is 11.9. The van der Waals surface area contributed by atoms with Crippen molar-refractivity contribution in [2.75, 3.05) is 0 Å². The van der Waals surface area contributed by atoms with Gasteiger partial charge in [-0.25, -0.2) is 4.99 Å². The Bertz CT molecular complexity index is 478. The highest BCUT2D eigenvalue weighted by molar-refractivity contribution is 14.0. The average molecular weight is 404 g/mol. The number of aromatic nitrogens is 3. The summed E-state index contributed by atoms with van der Waals surface area (Å²) < 4.78 is 2.22. The van der Waals surface area contributed by atoms with Gasteiger partial charge < -0.3 is 15.6 Å². The lowest BCUT2D eigenvalue weighted by Gasteiger charge is -2.12. The molecule has 3 rings (SSSR count). The zero-order valence-electron chi connectivity index (χ0n) is 12.4. The third kappa shape index (κ3) is 4.31. The molecule has 21 heavy (non-hydrogen) atoms. The molecule has 2 heterocycles. The molecule has 0 atom stereocenters. The zero-order valence-corrected chi connectivity index (χ0v) is 14.8. The summed E-state index contributed by atoms with van der Waals surface area (Å²) in [4.78, 5) is 4.43. The van der Waals surface area contributed by atoms with Crippen LogP contribution in [-0.4, -0.2) is 26.8 Å². The smallest absolute Gasteiger partial charge is 0.189 e. The Kier molecular flexibility index (Phi) is 6.25. The van der Waals surface area contributed by atoms with E-state index in [1.165, 1.54) is 44.9 Å². The molecule has 1 saturated carbocycles. The second kappa shape index (κ2) is 7.95. The van der Waals surface area contributed by atoms with Crippen molar-refractivity contribution in [2.24, 2.45) is 10.7 Å². The molecule has 0 radical (unpaired) electrons. The summed E-state index contributed by atoms with van der Waals surface area (Å²) in [6.45, 7) is 1.54. The van der Waals surface area contributed by atoms with Crippen molar-refractivity contribution in [3.63, 3.8) is 0 Å². The second-order valence-electron chi connectivity index (χ2n) is 5.82. The predicted molar refractivity (Wildman–Crippen MR) is 93.7 cm³/mol. The molecular formula is C14H25IN6. The number of hydrogen-bond donors (Lipinski definition) is 2. The highest BCUT2D eigenvalue weighted by atomic mass is 127. The Morgan fingerprint density at radius 2 is 2.00 bits per heavy atom. The lowest BCUT2D eigenvalue weighted by atomic mass is 10.2. The quantitative estimate of drug-likeness (QED) is 0.459. The monoisotopic (exact) mass is 404 g/mol. The van der Waals surface area contributed by atoms with Crippen LogP contribution < -0.4 is 11.1 Å². The molecule has 0 unspecified atom stereocenters. The van der Waals surface area contributed by atoms with Crippen molar-refractivity contribution in [3.05, 3.63) is 11.6 Å². The first-order valence-electron chi connectivity index (χ1n) is 7.80. The normalized spacial score (nSPS) is 19.7. The van der Waals surface area contributed by atoms with Gasteiger partial charge in [0.15, 0.2) is 11.8 Å². The van der Waals surface area contributed by atoms with E-state index < -0.39 is 0 Å². The molecule has 0 saturated heterocycles. The number of halogens is 1. The minimum absolute atomic E-state index is 0. The van der Waals surface area contributed by atoms with Gasteiger partial charge in [0.25, 0.3) is 0 Å². The fraction of sp³-hybridized carbons (Fsp3) is 0.786. The molecule has 0 spiro atoms. The molecule has 1 fully saturated rings. The molecule has 7 heteroatoms. The Labute approximate surface area is 143 Å². The summed E-state index contributed by atoms with van der Waals surface area (Å²) in [6.07, 6.45) is 9.73. The van der Waals surface area contributed by atoms with Gasteiger partial charge in [0, 0.05) is 19.0 Å². The number of aliphatic imine (C=N–C) groups is 1. The predicted octanol–water partition coefficient (Wildman–Crippen LogP) is 1.97. The maximum atomic E-state index is 5.96. The van der Waals surface area contributed by atoms with Crippen LogP contribution in [0, 0.1) is 0 Å². The van der Waals surface area contributed by atoms with Gasteiger partial charge >= 0.3 is 0 Å². The van der Waals surface area contributed by atoms with E-state index >= 15 is 0 Å². The van der Waals surface area contributed by atoms with E-state index in [1.54, 1.807) is 0 Å². The van der Waals surface area contributed by atoms with Crippen molar-refractivity contribution in [1.29, 1.82) is 0 Å². The minimum atomic E-state index is 0. The maximum Gasteiger partial charge on any atom is 0.189 e. The Balaban J connectivity index is 0.00000161. The SMILES string of the molecule is I.NC(=NCc1nnc2n1CCCCC2)NC1CCCC1. The van der Waals surface area contributed by atoms with Gasteiger partial charge in [0.1, 0.15) is 12.4 Å². The van der Waals surface area contributed by atoms with E-state index in [2.05, 4.69) is 25.1 Å². The topological polar surface area (TPSA) is 81.1 Å². The third-order valence-electron chi connectivity index (χ3n) is 4.28.